The zero-order valence-corrected chi connectivity index (χ0v) is 9.80. The number of halogens is 1. The van der Waals surface area contributed by atoms with E-state index in [4.69, 9.17) is 5.73 Å². The highest BCUT2D eigenvalue weighted by Gasteiger charge is 2.11. The van der Waals surface area contributed by atoms with Crippen molar-refractivity contribution in [3.63, 3.8) is 0 Å². The van der Waals surface area contributed by atoms with Crippen LogP contribution < -0.4 is 11.1 Å². The van der Waals surface area contributed by atoms with Crippen LogP contribution in [0.25, 0.3) is 11.0 Å². The van der Waals surface area contributed by atoms with Gasteiger partial charge in [-0.3, -0.25) is 5.10 Å². The first-order valence-corrected chi connectivity index (χ1v) is 5.42. The third-order valence-corrected chi connectivity index (χ3v) is 2.50. The second-order valence-electron chi connectivity index (χ2n) is 3.09. The molecule has 80 valence electrons. The summed E-state index contributed by atoms with van der Waals surface area (Å²) in [5.41, 5.74) is 6.14. The molecule has 0 atom stereocenters. The van der Waals surface area contributed by atoms with Gasteiger partial charge in [-0.1, -0.05) is 6.92 Å². The molecule has 2 aromatic heterocycles. The minimum absolute atomic E-state index is 0.222. The maximum Gasteiger partial charge on any atom is 0.224 e. The molecule has 15 heavy (non-hydrogen) atoms. The molecule has 6 nitrogen and oxygen atoms in total. The van der Waals surface area contributed by atoms with Gasteiger partial charge in [0.05, 0.1) is 5.39 Å². The van der Waals surface area contributed by atoms with Crippen molar-refractivity contribution in [2.24, 2.45) is 0 Å². The van der Waals surface area contributed by atoms with Crippen LogP contribution in [0.2, 0.25) is 0 Å². The third-order valence-electron chi connectivity index (χ3n) is 1.93. The molecule has 0 aromatic carbocycles. The van der Waals surface area contributed by atoms with Gasteiger partial charge in [-0.25, -0.2) is 0 Å². The number of hydrogen-bond donors (Lipinski definition) is 3. The Kier molecular flexibility index (Phi) is 2.72. The molecule has 0 radical (unpaired) electrons. The number of nitrogens with zero attached hydrogens (tertiary/aromatic N) is 3. The van der Waals surface area contributed by atoms with Gasteiger partial charge in [-0.15, -0.1) is 0 Å². The largest absolute Gasteiger partial charge is 0.369 e. The van der Waals surface area contributed by atoms with E-state index >= 15 is 0 Å². The Morgan fingerprint density at radius 3 is 3.00 bits per heavy atom. The van der Waals surface area contributed by atoms with E-state index in [0.717, 1.165) is 23.0 Å². The molecule has 7 heteroatoms. The number of hydrogen-bond acceptors (Lipinski definition) is 5. The van der Waals surface area contributed by atoms with Crippen LogP contribution >= 0.6 is 15.9 Å². The molecular weight excluding hydrogens is 260 g/mol. The van der Waals surface area contributed by atoms with Crippen LogP contribution in [-0.4, -0.2) is 26.7 Å². The molecule has 2 heterocycles. The highest BCUT2D eigenvalue weighted by Crippen LogP contribution is 2.26. The lowest BCUT2D eigenvalue weighted by Crippen LogP contribution is -2.05. The fourth-order valence-corrected chi connectivity index (χ4v) is 1.73. The van der Waals surface area contributed by atoms with E-state index in [9.17, 15) is 0 Å². The minimum atomic E-state index is 0.222. The van der Waals surface area contributed by atoms with Crippen molar-refractivity contribution in [3.8, 4) is 0 Å². The topological polar surface area (TPSA) is 92.5 Å². The van der Waals surface area contributed by atoms with Crippen LogP contribution in [0, 0.1) is 0 Å². The van der Waals surface area contributed by atoms with Gasteiger partial charge >= 0.3 is 0 Å². The van der Waals surface area contributed by atoms with Crippen LogP contribution in [0.1, 0.15) is 13.3 Å². The average Bonchev–Trinajstić information content (AvgIpc) is 2.56. The molecule has 0 unspecified atom stereocenters. The summed E-state index contributed by atoms with van der Waals surface area (Å²) >= 11 is 3.36. The van der Waals surface area contributed by atoms with Crippen LogP contribution in [0.4, 0.5) is 11.8 Å². The number of rotatable bonds is 3. The minimum Gasteiger partial charge on any atom is -0.369 e. The summed E-state index contributed by atoms with van der Waals surface area (Å²) in [6.45, 7) is 2.92. The summed E-state index contributed by atoms with van der Waals surface area (Å²) in [7, 11) is 0. The first-order valence-electron chi connectivity index (χ1n) is 4.63. The van der Waals surface area contributed by atoms with Crippen LogP contribution in [0.3, 0.4) is 0 Å². The number of nitrogens with two attached hydrogens (primary N) is 1. The lowest BCUT2D eigenvalue weighted by molar-refractivity contribution is 0.970. The third kappa shape index (κ3) is 1.87. The molecule has 4 N–H and O–H groups in total. The Morgan fingerprint density at radius 2 is 2.27 bits per heavy atom. The second kappa shape index (κ2) is 4.01. The molecule has 0 saturated carbocycles. The summed E-state index contributed by atoms with van der Waals surface area (Å²) < 4.78 is 0.760. The zero-order valence-electron chi connectivity index (χ0n) is 8.21. The van der Waals surface area contributed by atoms with E-state index < -0.39 is 0 Å². The predicted octanol–water partition coefficient (Wildman–Crippen LogP) is 1.52. The van der Waals surface area contributed by atoms with E-state index in [0.29, 0.717) is 11.5 Å². The standard InChI is InChI=1S/C8H11BrN6/c1-2-3-11-6-4-5(9)14-15-7(4)13-8(10)12-6/h2-3H2,1H3,(H4,10,11,12,13,14,15). The monoisotopic (exact) mass is 270 g/mol. The lowest BCUT2D eigenvalue weighted by atomic mass is 10.4. The summed E-state index contributed by atoms with van der Waals surface area (Å²) in [6, 6.07) is 0. The quantitative estimate of drug-likeness (QED) is 0.787. The molecule has 0 aliphatic rings. The second-order valence-corrected chi connectivity index (χ2v) is 3.89. The Balaban J connectivity index is 2.53. The summed E-state index contributed by atoms with van der Waals surface area (Å²) in [5.74, 6) is 0.931. The van der Waals surface area contributed by atoms with Gasteiger partial charge in [-0.05, 0) is 22.4 Å². The number of nitrogens with one attached hydrogen (secondary N) is 2. The van der Waals surface area contributed by atoms with Gasteiger partial charge in [0.25, 0.3) is 0 Å². The number of fused-ring (bicyclic) bond motifs is 1. The Labute approximate surface area is 94.8 Å². The Morgan fingerprint density at radius 1 is 1.47 bits per heavy atom. The van der Waals surface area contributed by atoms with E-state index in [1.54, 1.807) is 0 Å². The van der Waals surface area contributed by atoms with Crippen molar-refractivity contribution in [1.29, 1.82) is 0 Å². The molecule has 0 aliphatic carbocycles. The Bertz CT molecular complexity index is 479. The highest BCUT2D eigenvalue weighted by molar-refractivity contribution is 9.10. The molecule has 2 aromatic rings. The molecule has 2 rings (SSSR count). The van der Waals surface area contributed by atoms with Gasteiger partial charge in [-0.2, -0.15) is 15.1 Å². The maximum atomic E-state index is 5.57. The number of anilines is 2. The van der Waals surface area contributed by atoms with Crippen molar-refractivity contribution >= 4 is 38.7 Å². The number of nitrogen functional groups attached to an aromatic ring is 1. The predicted molar refractivity (Wildman–Crippen MR) is 62.6 cm³/mol. The fourth-order valence-electron chi connectivity index (χ4n) is 1.28. The van der Waals surface area contributed by atoms with Gasteiger partial charge < -0.3 is 11.1 Å². The van der Waals surface area contributed by atoms with Crippen molar-refractivity contribution in [2.45, 2.75) is 13.3 Å². The molecule has 0 amide bonds. The molecule has 0 aliphatic heterocycles. The van der Waals surface area contributed by atoms with Gasteiger partial charge in [0, 0.05) is 6.54 Å². The first-order chi connectivity index (χ1) is 7.22. The van der Waals surface area contributed by atoms with E-state index in [-0.39, 0.29) is 5.95 Å². The SMILES string of the molecule is CCCNc1nc(N)nc2n[nH]c(Br)c12. The van der Waals surface area contributed by atoms with Crippen LogP contribution in [0.5, 0.6) is 0 Å². The lowest BCUT2D eigenvalue weighted by Gasteiger charge is -2.05. The normalized spacial score (nSPS) is 10.8. The highest BCUT2D eigenvalue weighted by atomic mass is 79.9. The van der Waals surface area contributed by atoms with Crippen molar-refractivity contribution in [1.82, 2.24) is 20.2 Å². The number of aromatic amines is 1. The molecule has 0 spiro atoms. The first kappa shape index (κ1) is 10.2. The van der Waals surface area contributed by atoms with Gasteiger partial charge in [0.1, 0.15) is 10.4 Å². The molecule has 0 fully saturated rings. The van der Waals surface area contributed by atoms with E-state index in [1.807, 2.05) is 0 Å². The average molecular weight is 271 g/mol. The van der Waals surface area contributed by atoms with Crippen LogP contribution in [0.15, 0.2) is 4.60 Å². The molecule has 0 bridgehead atoms. The van der Waals surface area contributed by atoms with E-state index in [1.165, 1.54) is 0 Å². The van der Waals surface area contributed by atoms with Gasteiger partial charge in [0.2, 0.25) is 5.95 Å². The number of H-pyrrole nitrogens is 1. The van der Waals surface area contributed by atoms with Crippen molar-refractivity contribution < 1.29 is 0 Å². The molecule has 0 saturated heterocycles. The summed E-state index contributed by atoms with van der Waals surface area (Å²) in [6.07, 6.45) is 1.01. The van der Waals surface area contributed by atoms with Crippen molar-refractivity contribution in [3.05, 3.63) is 4.60 Å². The summed E-state index contributed by atoms with van der Waals surface area (Å²) in [5, 5.41) is 10.8. The zero-order chi connectivity index (χ0) is 10.8. The smallest absolute Gasteiger partial charge is 0.224 e. The fraction of sp³-hybridized carbons (Fsp3) is 0.375. The summed E-state index contributed by atoms with van der Waals surface area (Å²) in [4.78, 5) is 8.16. The van der Waals surface area contributed by atoms with E-state index in [2.05, 4.69) is 48.3 Å². The number of aromatic nitrogens is 4. The maximum absolute atomic E-state index is 5.57. The van der Waals surface area contributed by atoms with Gasteiger partial charge in [0.15, 0.2) is 5.65 Å². The van der Waals surface area contributed by atoms with Crippen molar-refractivity contribution in [2.75, 3.05) is 17.6 Å². The van der Waals surface area contributed by atoms with Crippen LogP contribution in [-0.2, 0) is 0 Å². The Hall–Kier alpha value is -1.37. The molecular formula is C8H11BrN6.